The molecule has 0 aromatic rings. The van der Waals surface area contributed by atoms with E-state index in [1.807, 2.05) is 4.90 Å². The van der Waals surface area contributed by atoms with E-state index in [1.54, 1.807) is 4.90 Å². The number of hydrogen-bond donors (Lipinski definition) is 0. The summed E-state index contributed by atoms with van der Waals surface area (Å²) in [7, 11) is 0. The van der Waals surface area contributed by atoms with Crippen LogP contribution in [0.15, 0.2) is 0 Å². The van der Waals surface area contributed by atoms with E-state index in [1.165, 1.54) is 32.1 Å². The Morgan fingerprint density at radius 3 is 2.56 bits per heavy atom. The van der Waals surface area contributed by atoms with Crippen LogP contribution in [0.25, 0.3) is 0 Å². The lowest BCUT2D eigenvalue weighted by Gasteiger charge is -2.38. The number of fused-ring (bicyclic) bond motifs is 1. The van der Waals surface area contributed by atoms with E-state index >= 15 is 0 Å². The molecule has 18 heavy (non-hydrogen) atoms. The van der Waals surface area contributed by atoms with Crippen molar-refractivity contribution in [3.8, 4) is 0 Å². The monoisotopic (exact) mass is 250 g/mol. The highest BCUT2D eigenvalue weighted by Gasteiger charge is 2.42. The van der Waals surface area contributed by atoms with E-state index in [0.717, 1.165) is 25.9 Å². The summed E-state index contributed by atoms with van der Waals surface area (Å²) in [5, 5.41) is 0. The lowest BCUT2D eigenvalue weighted by Crippen LogP contribution is -2.58. The van der Waals surface area contributed by atoms with E-state index in [-0.39, 0.29) is 17.9 Å². The molecule has 0 spiro atoms. The van der Waals surface area contributed by atoms with Gasteiger partial charge in [-0.05, 0) is 31.6 Å². The average Bonchev–Trinajstić information content (AvgIpc) is 2.87. The molecule has 1 atom stereocenters. The van der Waals surface area contributed by atoms with Crippen LogP contribution in [-0.2, 0) is 9.59 Å². The number of piperazine rings is 1. The van der Waals surface area contributed by atoms with E-state index in [9.17, 15) is 9.59 Å². The third-order valence-corrected chi connectivity index (χ3v) is 4.70. The Morgan fingerprint density at radius 2 is 1.78 bits per heavy atom. The van der Waals surface area contributed by atoms with E-state index < -0.39 is 0 Å². The largest absolute Gasteiger partial charge is 0.331 e. The third kappa shape index (κ3) is 2.13. The summed E-state index contributed by atoms with van der Waals surface area (Å²) in [4.78, 5) is 28.0. The SMILES string of the molecule is O=C1C2CCCN2C(=O)CN1CC1CCCCC1. The second-order valence-corrected chi connectivity index (χ2v) is 5.97. The maximum atomic E-state index is 12.4. The van der Waals surface area contributed by atoms with Gasteiger partial charge in [-0.2, -0.15) is 0 Å². The first kappa shape index (κ1) is 12.0. The van der Waals surface area contributed by atoms with Crippen LogP contribution in [0.1, 0.15) is 44.9 Å². The summed E-state index contributed by atoms with van der Waals surface area (Å²) >= 11 is 0. The fraction of sp³-hybridized carbons (Fsp3) is 0.857. The molecular formula is C14H22N2O2. The second-order valence-electron chi connectivity index (χ2n) is 5.97. The Bertz CT molecular complexity index is 350. The van der Waals surface area contributed by atoms with E-state index in [4.69, 9.17) is 0 Å². The molecule has 2 amide bonds. The Balaban J connectivity index is 1.65. The molecule has 4 heteroatoms. The maximum Gasteiger partial charge on any atom is 0.245 e. The number of hydrogen-bond acceptors (Lipinski definition) is 2. The highest BCUT2D eigenvalue weighted by molar-refractivity contribution is 5.95. The van der Waals surface area contributed by atoms with Crippen LogP contribution in [0.5, 0.6) is 0 Å². The predicted octanol–water partition coefficient (Wildman–Crippen LogP) is 1.40. The van der Waals surface area contributed by atoms with E-state index in [0.29, 0.717) is 12.5 Å². The van der Waals surface area contributed by atoms with Crippen molar-refractivity contribution in [3.05, 3.63) is 0 Å². The summed E-state index contributed by atoms with van der Waals surface area (Å²) in [6, 6.07) is -0.130. The van der Waals surface area contributed by atoms with Crippen molar-refractivity contribution in [1.29, 1.82) is 0 Å². The highest BCUT2D eigenvalue weighted by Crippen LogP contribution is 2.28. The summed E-state index contributed by atoms with van der Waals surface area (Å²) in [6.07, 6.45) is 8.22. The molecule has 0 bridgehead atoms. The average molecular weight is 250 g/mol. The van der Waals surface area contributed by atoms with Gasteiger partial charge in [-0.1, -0.05) is 19.3 Å². The van der Waals surface area contributed by atoms with Crippen molar-refractivity contribution < 1.29 is 9.59 Å². The molecule has 0 aromatic carbocycles. The van der Waals surface area contributed by atoms with Gasteiger partial charge in [0.1, 0.15) is 6.04 Å². The normalized spacial score (nSPS) is 29.9. The molecule has 3 fully saturated rings. The van der Waals surface area contributed by atoms with Crippen LogP contribution in [0.3, 0.4) is 0 Å². The number of nitrogens with zero attached hydrogens (tertiary/aromatic N) is 2. The first-order valence-corrected chi connectivity index (χ1v) is 7.34. The molecule has 100 valence electrons. The standard InChI is InChI=1S/C14H22N2O2/c17-13-10-15(9-11-5-2-1-3-6-11)14(18)12-7-4-8-16(12)13/h11-12H,1-10H2. The zero-order valence-corrected chi connectivity index (χ0v) is 10.9. The number of amides is 2. The number of carbonyl (C=O) groups is 2. The van der Waals surface area contributed by atoms with Crippen molar-refractivity contribution in [2.45, 2.75) is 51.0 Å². The zero-order chi connectivity index (χ0) is 12.5. The topological polar surface area (TPSA) is 40.6 Å². The molecule has 3 rings (SSSR count). The van der Waals surface area contributed by atoms with Gasteiger partial charge >= 0.3 is 0 Å². The van der Waals surface area contributed by atoms with Gasteiger partial charge in [0.15, 0.2) is 0 Å². The van der Waals surface area contributed by atoms with Gasteiger partial charge in [0, 0.05) is 13.1 Å². The highest BCUT2D eigenvalue weighted by atomic mass is 16.2. The van der Waals surface area contributed by atoms with Crippen LogP contribution in [-0.4, -0.2) is 47.3 Å². The molecular weight excluding hydrogens is 228 g/mol. The first-order valence-electron chi connectivity index (χ1n) is 7.34. The second kappa shape index (κ2) is 4.90. The molecule has 4 nitrogen and oxygen atoms in total. The maximum absolute atomic E-state index is 12.4. The van der Waals surface area contributed by atoms with Gasteiger partial charge in [-0.25, -0.2) is 0 Å². The minimum Gasteiger partial charge on any atom is -0.331 e. The van der Waals surface area contributed by atoms with Crippen LogP contribution in [0.4, 0.5) is 0 Å². The Labute approximate surface area is 108 Å². The van der Waals surface area contributed by atoms with Crippen molar-refractivity contribution in [2.24, 2.45) is 5.92 Å². The minimum absolute atomic E-state index is 0.130. The first-order chi connectivity index (χ1) is 8.75. The zero-order valence-electron chi connectivity index (χ0n) is 10.9. The number of carbonyl (C=O) groups excluding carboxylic acids is 2. The fourth-order valence-corrected chi connectivity index (χ4v) is 3.70. The van der Waals surface area contributed by atoms with Crippen LogP contribution in [0.2, 0.25) is 0 Å². The lowest BCUT2D eigenvalue weighted by molar-refractivity contribution is -0.154. The van der Waals surface area contributed by atoms with Crippen molar-refractivity contribution in [1.82, 2.24) is 9.80 Å². The third-order valence-electron chi connectivity index (χ3n) is 4.70. The van der Waals surface area contributed by atoms with E-state index in [2.05, 4.69) is 0 Å². The number of rotatable bonds is 2. The van der Waals surface area contributed by atoms with Gasteiger partial charge in [0.25, 0.3) is 0 Å². The molecule has 0 aromatic heterocycles. The molecule has 0 radical (unpaired) electrons. The van der Waals surface area contributed by atoms with Crippen molar-refractivity contribution >= 4 is 11.8 Å². The summed E-state index contributed by atoms with van der Waals surface area (Å²) in [6.45, 7) is 1.92. The molecule has 0 N–H and O–H groups in total. The fourth-order valence-electron chi connectivity index (χ4n) is 3.70. The van der Waals surface area contributed by atoms with Crippen molar-refractivity contribution in [2.75, 3.05) is 19.6 Å². The van der Waals surface area contributed by atoms with Crippen molar-refractivity contribution in [3.63, 3.8) is 0 Å². The molecule has 2 saturated heterocycles. The predicted molar refractivity (Wildman–Crippen MR) is 67.9 cm³/mol. The Kier molecular flexibility index (Phi) is 3.27. The van der Waals surface area contributed by atoms with Gasteiger partial charge in [0.05, 0.1) is 6.54 Å². The Hall–Kier alpha value is -1.06. The van der Waals surface area contributed by atoms with Gasteiger partial charge in [0.2, 0.25) is 11.8 Å². The smallest absolute Gasteiger partial charge is 0.245 e. The van der Waals surface area contributed by atoms with Crippen LogP contribution < -0.4 is 0 Å². The van der Waals surface area contributed by atoms with Gasteiger partial charge in [-0.3, -0.25) is 9.59 Å². The Morgan fingerprint density at radius 1 is 1.00 bits per heavy atom. The summed E-state index contributed by atoms with van der Waals surface area (Å²) in [5.74, 6) is 0.994. The molecule has 1 aliphatic carbocycles. The molecule has 3 aliphatic rings. The quantitative estimate of drug-likeness (QED) is 0.743. The molecule has 1 saturated carbocycles. The summed E-state index contributed by atoms with van der Waals surface area (Å²) in [5.41, 5.74) is 0. The van der Waals surface area contributed by atoms with Gasteiger partial charge in [-0.15, -0.1) is 0 Å². The van der Waals surface area contributed by atoms with Crippen LogP contribution >= 0.6 is 0 Å². The molecule has 1 unspecified atom stereocenters. The molecule has 2 heterocycles. The molecule has 2 aliphatic heterocycles. The summed E-state index contributed by atoms with van der Waals surface area (Å²) < 4.78 is 0. The van der Waals surface area contributed by atoms with Gasteiger partial charge < -0.3 is 9.80 Å². The van der Waals surface area contributed by atoms with Crippen LogP contribution in [0, 0.1) is 5.92 Å². The lowest BCUT2D eigenvalue weighted by atomic mass is 9.88. The minimum atomic E-state index is -0.130.